The molecule has 9 heteroatoms. The molecule has 4 rings (SSSR count). The SMILES string of the molecule is COc1cc(-c2cnn(C(C)(C)CC(=O)O)c2)c2c(c1)C(O)(C(F)(F)F)c1ccccc1-2. The minimum absolute atomic E-state index is 0.145. The Balaban J connectivity index is 1.98. The largest absolute Gasteiger partial charge is 0.497 e. The third-order valence-corrected chi connectivity index (χ3v) is 5.83. The van der Waals surface area contributed by atoms with Crippen LogP contribution in [0.15, 0.2) is 48.8 Å². The lowest BCUT2D eigenvalue weighted by Crippen LogP contribution is -2.41. The number of fused-ring (bicyclic) bond motifs is 3. The van der Waals surface area contributed by atoms with Gasteiger partial charge in [-0.3, -0.25) is 9.48 Å². The Morgan fingerprint density at radius 1 is 1.16 bits per heavy atom. The first-order valence-corrected chi connectivity index (χ1v) is 9.79. The number of aliphatic hydroxyl groups is 1. The van der Waals surface area contributed by atoms with Crippen molar-refractivity contribution < 1.29 is 32.9 Å². The van der Waals surface area contributed by atoms with Crippen LogP contribution in [0, 0.1) is 0 Å². The fourth-order valence-electron chi connectivity index (χ4n) is 4.25. The predicted octanol–water partition coefficient (Wildman–Crippen LogP) is 4.55. The highest BCUT2D eigenvalue weighted by atomic mass is 19.4. The number of hydrogen-bond donors (Lipinski definition) is 2. The highest BCUT2D eigenvalue weighted by Crippen LogP contribution is 2.58. The van der Waals surface area contributed by atoms with E-state index < -0.39 is 23.3 Å². The maximum Gasteiger partial charge on any atom is 0.425 e. The molecular formula is C23H21F3N2O4. The zero-order valence-corrected chi connectivity index (χ0v) is 17.6. The van der Waals surface area contributed by atoms with E-state index in [1.807, 2.05) is 0 Å². The average molecular weight is 446 g/mol. The molecule has 6 nitrogen and oxygen atoms in total. The van der Waals surface area contributed by atoms with Gasteiger partial charge < -0.3 is 14.9 Å². The molecule has 1 aliphatic carbocycles. The molecule has 32 heavy (non-hydrogen) atoms. The number of carbonyl (C=O) groups is 1. The molecule has 0 saturated carbocycles. The molecule has 0 bridgehead atoms. The number of carboxylic acids is 1. The molecule has 0 spiro atoms. The Morgan fingerprint density at radius 3 is 2.47 bits per heavy atom. The number of ether oxygens (including phenoxy) is 1. The number of rotatable bonds is 5. The van der Waals surface area contributed by atoms with Crippen molar-refractivity contribution in [3.8, 4) is 28.0 Å². The van der Waals surface area contributed by atoms with E-state index in [4.69, 9.17) is 4.74 Å². The molecule has 1 unspecified atom stereocenters. The molecule has 0 fully saturated rings. The number of nitrogens with zero attached hydrogens (tertiary/aromatic N) is 2. The number of methoxy groups -OCH3 is 1. The number of benzene rings is 2. The summed E-state index contributed by atoms with van der Waals surface area (Å²) in [6.45, 7) is 3.40. The normalized spacial score (nSPS) is 17.7. The van der Waals surface area contributed by atoms with Crippen LogP contribution in [-0.4, -0.2) is 39.2 Å². The Bertz CT molecular complexity index is 1220. The predicted molar refractivity (Wildman–Crippen MR) is 110 cm³/mol. The van der Waals surface area contributed by atoms with Crippen molar-refractivity contribution in [1.82, 2.24) is 9.78 Å². The van der Waals surface area contributed by atoms with Gasteiger partial charge in [-0.05, 0) is 42.7 Å². The summed E-state index contributed by atoms with van der Waals surface area (Å²) in [5, 5.41) is 24.4. The number of aliphatic carboxylic acids is 1. The fourth-order valence-corrected chi connectivity index (χ4v) is 4.25. The summed E-state index contributed by atoms with van der Waals surface area (Å²) in [6.07, 6.45) is -2.11. The van der Waals surface area contributed by atoms with E-state index in [0.717, 1.165) is 0 Å². The van der Waals surface area contributed by atoms with Gasteiger partial charge in [0, 0.05) is 22.9 Å². The third kappa shape index (κ3) is 3.15. The molecule has 0 amide bonds. The van der Waals surface area contributed by atoms with Crippen molar-refractivity contribution in [3.63, 3.8) is 0 Å². The zero-order chi connectivity index (χ0) is 23.5. The number of hydrogen-bond acceptors (Lipinski definition) is 4. The molecule has 1 aliphatic rings. The van der Waals surface area contributed by atoms with Gasteiger partial charge in [-0.15, -0.1) is 0 Å². The lowest BCUT2D eigenvalue weighted by atomic mass is 9.89. The van der Waals surface area contributed by atoms with E-state index >= 15 is 0 Å². The van der Waals surface area contributed by atoms with E-state index in [9.17, 15) is 28.2 Å². The van der Waals surface area contributed by atoms with E-state index in [0.29, 0.717) is 11.1 Å². The number of carboxylic acid groups (broad SMARTS) is 1. The molecule has 1 aromatic heterocycles. The molecule has 3 aromatic rings. The molecule has 2 N–H and O–H groups in total. The van der Waals surface area contributed by atoms with E-state index in [1.54, 1.807) is 32.2 Å². The summed E-state index contributed by atoms with van der Waals surface area (Å²) < 4.78 is 49.3. The second-order valence-electron chi connectivity index (χ2n) is 8.41. The highest BCUT2D eigenvalue weighted by molar-refractivity contribution is 5.93. The maximum atomic E-state index is 14.2. The minimum Gasteiger partial charge on any atom is -0.497 e. The smallest absolute Gasteiger partial charge is 0.425 e. The molecule has 1 heterocycles. The van der Waals surface area contributed by atoms with Crippen LogP contribution in [0.25, 0.3) is 22.3 Å². The molecule has 0 saturated heterocycles. The van der Waals surface area contributed by atoms with Crippen molar-refractivity contribution in [2.45, 2.75) is 37.6 Å². The second-order valence-corrected chi connectivity index (χ2v) is 8.41. The van der Waals surface area contributed by atoms with Crippen LogP contribution in [0.5, 0.6) is 5.75 Å². The Labute approximate surface area is 181 Å². The maximum absolute atomic E-state index is 14.2. The summed E-state index contributed by atoms with van der Waals surface area (Å²) in [4.78, 5) is 11.2. The molecule has 1 atom stereocenters. The quantitative estimate of drug-likeness (QED) is 0.601. The first kappa shape index (κ1) is 21.9. The molecular weight excluding hydrogens is 425 g/mol. The second kappa shape index (κ2) is 7.09. The summed E-state index contributed by atoms with van der Waals surface area (Å²) >= 11 is 0. The lowest BCUT2D eigenvalue weighted by molar-refractivity contribution is -0.246. The van der Waals surface area contributed by atoms with Gasteiger partial charge in [-0.25, -0.2) is 0 Å². The van der Waals surface area contributed by atoms with Crippen LogP contribution in [0.2, 0.25) is 0 Å². The fraction of sp³-hybridized carbons (Fsp3) is 0.304. The van der Waals surface area contributed by atoms with Crippen molar-refractivity contribution >= 4 is 5.97 Å². The Hall–Kier alpha value is -3.33. The Kier molecular flexibility index (Phi) is 4.85. The van der Waals surface area contributed by atoms with Gasteiger partial charge in [0.05, 0.1) is 25.3 Å². The van der Waals surface area contributed by atoms with Crippen molar-refractivity contribution in [2.75, 3.05) is 7.11 Å². The van der Waals surface area contributed by atoms with E-state index in [-0.39, 0.29) is 34.4 Å². The molecule has 0 radical (unpaired) electrons. The van der Waals surface area contributed by atoms with Gasteiger partial charge in [0.15, 0.2) is 0 Å². The van der Waals surface area contributed by atoms with Gasteiger partial charge in [0.1, 0.15) is 5.75 Å². The van der Waals surface area contributed by atoms with Gasteiger partial charge in [0.2, 0.25) is 5.60 Å². The van der Waals surface area contributed by atoms with Gasteiger partial charge >= 0.3 is 12.1 Å². The number of halogens is 3. The minimum atomic E-state index is -4.97. The summed E-state index contributed by atoms with van der Waals surface area (Å²) in [6, 6.07) is 8.64. The molecule has 2 aromatic carbocycles. The van der Waals surface area contributed by atoms with Gasteiger partial charge in [0.25, 0.3) is 0 Å². The summed E-state index contributed by atoms with van der Waals surface area (Å²) in [7, 11) is 1.33. The average Bonchev–Trinajstić information content (AvgIpc) is 3.30. The van der Waals surface area contributed by atoms with Gasteiger partial charge in [-0.2, -0.15) is 18.3 Å². The standard InChI is InChI=1S/C23H21F3N2O4/c1-21(2,10-19(29)30)28-12-13(11-27-28)16-8-14(32-3)9-18-20(16)15-6-4-5-7-17(15)22(18,31)23(24,25)26/h4-9,11-12,31H,10H2,1-3H3,(H,29,30). The first-order valence-electron chi connectivity index (χ1n) is 9.79. The van der Waals surface area contributed by atoms with Crippen LogP contribution in [-0.2, 0) is 15.9 Å². The highest BCUT2D eigenvalue weighted by Gasteiger charge is 2.61. The topological polar surface area (TPSA) is 84.6 Å². The number of alkyl halides is 3. The van der Waals surface area contributed by atoms with E-state index in [2.05, 4.69) is 5.10 Å². The first-order chi connectivity index (χ1) is 14.9. The van der Waals surface area contributed by atoms with Crippen molar-refractivity contribution in [3.05, 3.63) is 59.9 Å². The Morgan fingerprint density at radius 2 is 1.84 bits per heavy atom. The van der Waals surface area contributed by atoms with Gasteiger partial charge in [-0.1, -0.05) is 24.3 Å². The number of aromatic nitrogens is 2. The van der Waals surface area contributed by atoms with Crippen molar-refractivity contribution in [1.29, 1.82) is 0 Å². The van der Waals surface area contributed by atoms with Crippen LogP contribution < -0.4 is 4.74 Å². The molecule has 0 aliphatic heterocycles. The van der Waals surface area contributed by atoms with Crippen LogP contribution in [0.4, 0.5) is 13.2 Å². The monoisotopic (exact) mass is 446 g/mol. The molecule has 168 valence electrons. The van der Waals surface area contributed by atoms with Crippen LogP contribution in [0.1, 0.15) is 31.4 Å². The van der Waals surface area contributed by atoms with Crippen LogP contribution in [0.3, 0.4) is 0 Å². The van der Waals surface area contributed by atoms with Crippen LogP contribution >= 0.6 is 0 Å². The lowest BCUT2D eigenvalue weighted by Gasteiger charge is -2.28. The van der Waals surface area contributed by atoms with E-state index in [1.165, 1.54) is 42.3 Å². The summed E-state index contributed by atoms with van der Waals surface area (Å²) in [5.74, 6) is -0.856. The van der Waals surface area contributed by atoms with Crippen molar-refractivity contribution in [2.24, 2.45) is 0 Å². The summed E-state index contributed by atoms with van der Waals surface area (Å²) in [5.41, 5.74) is -3.27. The zero-order valence-electron chi connectivity index (χ0n) is 17.6. The third-order valence-electron chi connectivity index (χ3n) is 5.83.